The van der Waals surface area contributed by atoms with E-state index in [1.54, 1.807) is 12.3 Å². The van der Waals surface area contributed by atoms with Crippen molar-refractivity contribution in [2.45, 2.75) is 26.2 Å². The van der Waals surface area contributed by atoms with E-state index in [2.05, 4.69) is 25.8 Å². The molecule has 0 bridgehead atoms. The first-order valence-electron chi connectivity index (χ1n) is 6.14. The van der Waals surface area contributed by atoms with E-state index in [0.717, 1.165) is 0 Å². The third kappa shape index (κ3) is 3.02. The summed E-state index contributed by atoms with van der Waals surface area (Å²) >= 11 is 5.99. The molecule has 0 spiro atoms. The second-order valence-corrected chi connectivity index (χ2v) is 5.92. The maximum absolute atomic E-state index is 12.3. The quantitative estimate of drug-likeness (QED) is 0.765. The van der Waals surface area contributed by atoms with Crippen LogP contribution in [0.2, 0.25) is 5.02 Å². The topological polar surface area (TPSA) is 30.0 Å². The van der Waals surface area contributed by atoms with Crippen LogP contribution in [0.1, 0.15) is 42.3 Å². The third-order valence-corrected chi connectivity index (χ3v) is 3.33. The highest BCUT2D eigenvalue weighted by Crippen LogP contribution is 2.24. The number of aromatic nitrogens is 1. The molecular formula is C16H16ClNO. The van der Waals surface area contributed by atoms with Crippen molar-refractivity contribution in [3.63, 3.8) is 0 Å². The van der Waals surface area contributed by atoms with E-state index >= 15 is 0 Å². The molecule has 1 aromatic heterocycles. The molecule has 98 valence electrons. The van der Waals surface area contributed by atoms with E-state index in [0.29, 0.717) is 16.1 Å². The second kappa shape index (κ2) is 5.14. The largest absolute Gasteiger partial charge is 0.289 e. The van der Waals surface area contributed by atoms with Gasteiger partial charge in [0.1, 0.15) is 0 Å². The van der Waals surface area contributed by atoms with Crippen molar-refractivity contribution >= 4 is 17.4 Å². The molecule has 0 radical (unpaired) electrons. The number of nitrogens with zero attached hydrogens (tertiary/aromatic N) is 1. The van der Waals surface area contributed by atoms with Crippen molar-refractivity contribution in [2.24, 2.45) is 0 Å². The molecule has 2 nitrogen and oxygen atoms in total. The fourth-order valence-corrected chi connectivity index (χ4v) is 2.04. The number of halogens is 1. The summed E-state index contributed by atoms with van der Waals surface area (Å²) in [6, 6.07) is 9.31. The molecule has 1 heterocycles. The summed E-state index contributed by atoms with van der Waals surface area (Å²) in [7, 11) is 0. The van der Waals surface area contributed by atoms with Gasteiger partial charge in [-0.15, -0.1) is 0 Å². The molecule has 0 N–H and O–H groups in total. The van der Waals surface area contributed by atoms with E-state index < -0.39 is 0 Å². The Labute approximate surface area is 118 Å². The number of rotatable bonds is 2. The maximum atomic E-state index is 12.3. The summed E-state index contributed by atoms with van der Waals surface area (Å²) in [4.78, 5) is 16.2. The average Bonchev–Trinajstić information content (AvgIpc) is 2.38. The molecule has 0 saturated carbocycles. The molecule has 2 rings (SSSR count). The molecule has 1 aromatic carbocycles. The van der Waals surface area contributed by atoms with E-state index in [9.17, 15) is 4.79 Å². The van der Waals surface area contributed by atoms with Crippen molar-refractivity contribution in [1.29, 1.82) is 0 Å². The number of carbonyl (C=O) groups is 1. The molecule has 0 saturated heterocycles. The molecular weight excluding hydrogens is 258 g/mol. The summed E-state index contributed by atoms with van der Waals surface area (Å²) in [5, 5.41) is 0.382. The standard InChI is InChI=1S/C16H16ClNO/c1-16(2,3)12-6-4-11(5-7-12)15(19)13-8-9-18-10-14(13)17/h4-10H,1-3H3. The van der Waals surface area contributed by atoms with Crippen LogP contribution in [-0.4, -0.2) is 10.8 Å². The Morgan fingerprint density at radius 1 is 1.11 bits per heavy atom. The molecule has 0 fully saturated rings. The lowest BCUT2D eigenvalue weighted by molar-refractivity contribution is 0.103. The number of carbonyl (C=O) groups excluding carboxylic acids is 1. The van der Waals surface area contributed by atoms with E-state index in [1.807, 2.05) is 24.3 Å². The van der Waals surface area contributed by atoms with Gasteiger partial charge in [-0.2, -0.15) is 0 Å². The Kier molecular flexibility index (Phi) is 3.72. The minimum Gasteiger partial charge on any atom is -0.289 e. The van der Waals surface area contributed by atoms with Gasteiger partial charge in [-0.25, -0.2) is 0 Å². The Morgan fingerprint density at radius 3 is 2.26 bits per heavy atom. The van der Waals surface area contributed by atoms with Crippen molar-refractivity contribution in [2.75, 3.05) is 0 Å². The first-order valence-corrected chi connectivity index (χ1v) is 6.52. The lowest BCUT2D eigenvalue weighted by Crippen LogP contribution is -2.11. The SMILES string of the molecule is CC(C)(C)c1ccc(C(=O)c2ccncc2Cl)cc1. The lowest BCUT2D eigenvalue weighted by atomic mass is 9.86. The second-order valence-electron chi connectivity index (χ2n) is 5.51. The van der Waals surface area contributed by atoms with Crippen LogP contribution in [0.25, 0.3) is 0 Å². The highest BCUT2D eigenvalue weighted by Gasteiger charge is 2.16. The summed E-state index contributed by atoms with van der Waals surface area (Å²) in [6.45, 7) is 6.43. The van der Waals surface area contributed by atoms with Crippen LogP contribution in [0, 0.1) is 0 Å². The van der Waals surface area contributed by atoms with Crippen molar-refractivity contribution in [3.8, 4) is 0 Å². The smallest absolute Gasteiger partial charge is 0.194 e. The highest BCUT2D eigenvalue weighted by atomic mass is 35.5. The van der Waals surface area contributed by atoms with E-state index in [4.69, 9.17) is 11.6 Å². The third-order valence-electron chi connectivity index (χ3n) is 3.03. The molecule has 3 heteroatoms. The first kappa shape index (κ1) is 13.8. The van der Waals surface area contributed by atoms with Crippen LogP contribution in [0.15, 0.2) is 42.7 Å². The van der Waals surface area contributed by atoms with Gasteiger partial charge >= 0.3 is 0 Å². The predicted octanol–water partition coefficient (Wildman–Crippen LogP) is 4.26. The van der Waals surface area contributed by atoms with Gasteiger partial charge in [0.05, 0.1) is 5.02 Å². The van der Waals surface area contributed by atoms with Gasteiger partial charge in [0.25, 0.3) is 0 Å². The number of hydrogen-bond donors (Lipinski definition) is 0. The van der Waals surface area contributed by atoms with Gasteiger partial charge < -0.3 is 0 Å². The normalized spacial score (nSPS) is 11.4. The molecule has 0 unspecified atom stereocenters. The molecule has 0 aliphatic heterocycles. The van der Waals surface area contributed by atoms with Crippen LogP contribution >= 0.6 is 11.6 Å². The molecule has 19 heavy (non-hydrogen) atoms. The van der Waals surface area contributed by atoms with Gasteiger partial charge in [-0.05, 0) is 17.0 Å². The lowest BCUT2D eigenvalue weighted by Gasteiger charge is -2.19. The van der Waals surface area contributed by atoms with Crippen LogP contribution in [0.5, 0.6) is 0 Å². The zero-order chi connectivity index (χ0) is 14.0. The number of ketones is 1. The predicted molar refractivity (Wildman–Crippen MR) is 77.8 cm³/mol. The van der Waals surface area contributed by atoms with Gasteiger partial charge in [-0.3, -0.25) is 9.78 Å². The van der Waals surface area contributed by atoms with E-state index in [-0.39, 0.29) is 11.2 Å². The zero-order valence-electron chi connectivity index (χ0n) is 11.3. The van der Waals surface area contributed by atoms with Gasteiger partial charge in [-0.1, -0.05) is 56.6 Å². The van der Waals surface area contributed by atoms with Crippen LogP contribution in [-0.2, 0) is 5.41 Å². The van der Waals surface area contributed by atoms with E-state index in [1.165, 1.54) is 11.8 Å². The summed E-state index contributed by atoms with van der Waals surface area (Å²) in [5.41, 5.74) is 2.40. The fourth-order valence-electron chi connectivity index (χ4n) is 1.84. The van der Waals surface area contributed by atoms with Gasteiger partial charge in [0.2, 0.25) is 0 Å². The van der Waals surface area contributed by atoms with Crippen LogP contribution in [0.4, 0.5) is 0 Å². The minimum atomic E-state index is -0.0761. The number of hydrogen-bond acceptors (Lipinski definition) is 2. The zero-order valence-corrected chi connectivity index (χ0v) is 12.0. The Balaban J connectivity index is 2.34. The Bertz CT molecular complexity index is 597. The Hall–Kier alpha value is -1.67. The van der Waals surface area contributed by atoms with Crippen molar-refractivity contribution in [1.82, 2.24) is 4.98 Å². The summed E-state index contributed by atoms with van der Waals surface area (Å²) in [5.74, 6) is -0.0761. The average molecular weight is 274 g/mol. The highest BCUT2D eigenvalue weighted by molar-refractivity contribution is 6.34. The van der Waals surface area contributed by atoms with Crippen LogP contribution < -0.4 is 0 Å². The molecule has 0 aliphatic rings. The minimum absolute atomic E-state index is 0.0761. The van der Waals surface area contributed by atoms with Gasteiger partial charge in [0.15, 0.2) is 5.78 Å². The number of pyridine rings is 1. The maximum Gasteiger partial charge on any atom is 0.194 e. The summed E-state index contributed by atoms with van der Waals surface area (Å²) < 4.78 is 0. The first-order chi connectivity index (χ1) is 8.89. The molecule has 2 aromatic rings. The molecule has 0 amide bonds. The number of benzene rings is 1. The van der Waals surface area contributed by atoms with Crippen molar-refractivity contribution in [3.05, 3.63) is 64.4 Å². The fraction of sp³-hybridized carbons (Fsp3) is 0.250. The monoisotopic (exact) mass is 273 g/mol. The molecule has 0 aliphatic carbocycles. The molecule has 0 atom stereocenters. The van der Waals surface area contributed by atoms with Crippen LogP contribution in [0.3, 0.4) is 0 Å². The Morgan fingerprint density at radius 2 is 1.74 bits per heavy atom. The van der Waals surface area contributed by atoms with Crippen molar-refractivity contribution < 1.29 is 4.79 Å². The summed E-state index contributed by atoms with van der Waals surface area (Å²) in [6.07, 6.45) is 3.06. The van der Waals surface area contributed by atoms with Gasteiger partial charge in [0, 0.05) is 23.5 Å².